The highest BCUT2D eigenvalue weighted by Gasteiger charge is 2.10. The largest absolute Gasteiger partial charge is 0.478 e. The van der Waals surface area contributed by atoms with Crippen LogP contribution in [0.3, 0.4) is 0 Å². The average molecular weight is 166 g/mol. The van der Waals surface area contributed by atoms with Crippen molar-refractivity contribution in [1.29, 1.82) is 0 Å². The summed E-state index contributed by atoms with van der Waals surface area (Å²) in [6, 6.07) is 2.94. The molecular weight excluding hydrogens is 156 g/mol. The van der Waals surface area contributed by atoms with Gasteiger partial charge in [0.1, 0.15) is 0 Å². The first-order valence-corrected chi connectivity index (χ1v) is 3.42. The molecule has 0 amide bonds. The predicted octanol–water partition coefficient (Wildman–Crippen LogP) is 0.858. The fourth-order valence-corrected chi connectivity index (χ4v) is 0.932. The van der Waals surface area contributed by atoms with Crippen LogP contribution in [0, 0.1) is 6.92 Å². The summed E-state index contributed by atoms with van der Waals surface area (Å²) in [6.07, 6.45) is 0. The molecule has 0 atom stereocenters. The molecule has 0 heterocycles. The van der Waals surface area contributed by atoms with Crippen LogP contribution in [-0.2, 0) is 0 Å². The summed E-state index contributed by atoms with van der Waals surface area (Å²) in [5.41, 5.74) is 12.5. The lowest BCUT2D eigenvalue weighted by Crippen LogP contribution is -2.05. The van der Waals surface area contributed by atoms with Crippen LogP contribution in [0.2, 0.25) is 0 Å². The minimum Gasteiger partial charge on any atom is -0.478 e. The van der Waals surface area contributed by atoms with E-state index in [-0.39, 0.29) is 11.3 Å². The summed E-state index contributed by atoms with van der Waals surface area (Å²) in [6.45, 7) is 1.69. The number of anilines is 2. The molecule has 0 aliphatic carbocycles. The maximum Gasteiger partial charge on any atom is 0.337 e. The van der Waals surface area contributed by atoms with Gasteiger partial charge in [-0.05, 0) is 24.6 Å². The van der Waals surface area contributed by atoms with Crippen molar-refractivity contribution in [2.45, 2.75) is 6.92 Å². The van der Waals surface area contributed by atoms with Gasteiger partial charge in [-0.2, -0.15) is 0 Å². The monoisotopic (exact) mass is 166 g/mol. The maximum atomic E-state index is 10.6. The molecule has 0 spiro atoms. The number of hydrogen-bond donors (Lipinski definition) is 3. The second-order valence-corrected chi connectivity index (χ2v) is 2.55. The average Bonchev–Trinajstić information content (AvgIpc) is 2.00. The maximum absolute atomic E-state index is 10.6. The first-order chi connectivity index (χ1) is 5.54. The number of carbonyl (C=O) groups is 1. The molecule has 0 aliphatic heterocycles. The van der Waals surface area contributed by atoms with Crippen LogP contribution in [0.15, 0.2) is 12.1 Å². The topological polar surface area (TPSA) is 89.3 Å². The SMILES string of the molecule is Cc1c(N)ccc(C(=O)O)c1N. The van der Waals surface area contributed by atoms with E-state index >= 15 is 0 Å². The number of carboxylic acid groups (broad SMARTS) is 1. The van der Waals surface area contributed by atoms with Gasteiger partial charge in [-0.1, -0.05) is 0 Å². The van der Waals surface area contributed by atoms with E-state index in [1.807, 2.05) is 0 Å². The minimum atomic E-state index is -1.03. The highest BCUT2D eigenvalue weighted by atomic mass is 16.4. The lowest BCUT2D eigenvalue weighted by atomic mass is 10.1. The highest BCUT2D eigenvalue weighted by Crippen LogP contribution is 2.22. The zero-order valence-electron chi connectivity index (χ0n) is 6.66. The molecule has 1 aromatic carbocycles. The Morgan fingerprint density at radius 3 is 2.50 bits per heavy atom. The molecule has 1 aromatic rings. The Bertz CT molecular complexity index is 334. The van der Waals surface area contributed by atoms with Crippen molar-refractivity contribution < 1.29 is 9.90 Å². The Kier molecular flexibility index (Phi) is 1.91. The second-order valence-electron chi connectivity index (χ2n) is 2.55. The smallest absolute Gasteiger partial charge is 0.337 e. The van der Waals surface area contributed by atoms with Gasteiger partial charge in [-0.15, -0.1) is 0 Å². The molecule has 0 aromatic heterocycles. The molecule has 1 rings (SSSR count). The van der Waals surface area contributed by atoms with Crippen LogP contribution in [-0.4, -0.2) is 11.1 Å². The first-order valence-electron chi connectivity index (χ1n) is 3.42. The number of hydrogen-bond acceptors (Lipinski definition) is 3. The highest BCUT2D eigenvalue weighted by molar-refractivity contribution is 5.95. The van der Waals surface area contributed by atoms with E-state index in [0.717, 1.165) is 0 Å². The second kappa shape index (κ2) is 2.73. The fourth-order valence-electron chi connectivity index (χ4n) is 0.932. The number of carboxylic acids is 1. The molecule has 0 radical (unpaired) electrons. The number of benzene rings is 1. The van der Waals surface area contributed by atoms with Gasteiger partial charge in [0.05, 0.1) is 11.3 Å². The van der Waals surface area contributed by atoms with Crippen LogP contribution in [0.5, 0.6) is 0 Å². The van der Waals surface area contributed by atoms with E-state index < -0.39 is 5.97 Å². The van der Waals surface area contributed by atoms with E-state index in [9.17, 15) is 4.79 Å². The lowest BCUT2D eigenvalue weighted by Gasteiger charge is -2.06. The van der Waals surface area contributed by atoms with Crippen molar-refractivity contribution in [2.24, 2.45) is 0 Å². The van der Waals surface area contributed by atoms with E-state index in [1.54, 1.807) is 6.92 Å². The van der Waals surface area contributed by atoms with Gasteiger partial charge < -0.3 is 16.6 Å². The summed E-state index contributed by atoms with van der Waals surface area (Å²) in [5.74, 6) is -1.03. The van der Waals surface area contributed by atoms with Gasteiger partial charge in [-0.3, -0.25) is 0 Å². The molecule has 4 heteroatoms. The molecule has 0 aliphatic rings. The van der Waals surface area contributed by atoms with Gasteiger partial charge >= 0.3 is 5.97 Å². The Hall–Kier alpha value is -1.71. The summed E-state index contributed by atoms with van der Waals surface area (Å²) in [5, 5.41) is 8.66. The summed E-state index contributed by atoms with van der Waals surface area (Å²) in [7, 11) is 0. The number of aromatic carboxylic acids is 1. The summed E-state index contributed by atoms with van der Waals surface area (Å²) >= 11 is 0. The molecule has 0 unspecified atom stereocenters. The first kappa shape index (κ1) is 8.39. The van der Waals surface area contributed by atoms with Crippen molar-refractivity contribution in [1.82, 2.24) is 0 Å². The Morgan fingerprint density at radius 2 is 2.00 bits per heavy atom. The number of nitrogens with two attached hydrogens (primary N) is 2. The molecule has 12 heavy (non-hydrogen) atoms. The van der Waals surface area contributed by atoms with E-state index in [1.165, 1.54) is 12.1 Å². The van der Waals surface area contributed by atoms with E-state index in [2.05, 4.69) is 0 Å². The predicted molar refractivity (Wildman–Crippen MR) is 47.0 cm³/mol. The van der Waals surface area contributed by atoms with Crippen LogP contribution in [0.1, 0.15) is 15.9 Å². The minimum absolute atomic E-state index is 0.0988. The quantitative estimate of drug-likeness (QED) is 0.540. The van der Waals surface area contributed by atoms with Crippen LogP contribution >= 0.6 is 0 Å². The molecule has 0 fully saturated rings. The van der Waals surface area contributed by atoms with Crippen molar-refractivity contribution in [3.8, 4) is 0 Å². The standard InChI is InChI=1S/C8H10N2O2/c1-4-6(9)3-2-5(7(4)10)8(11)12/h2-3H,9-10H2,1H3,(H,11,12). The van der Waals surface area contributed by atoms with Crippen molar-refractivity contribution in [2.75, 3.05) is 11.5 Å². The molecule has 5 N–H and O–H groups in total. The summed E-state index contributed by atoms with van der Waals surface area (Å²) < 4.78 is 0. The van der Waals surface area contributed by atoms with Gasteiger partial charge in [0.2, 0.25) is 0 Å². The van der Waals surface area contributed by atoms with Gasteiger partial charge in [0, 0.05) is 5.69 Å². The summed E-state index contributed by atoms with van der Waals surface area (Å²) in [4.78, 5) is 10.6. The Balaban J connectivity index is 3.36. The van der Waals surface area contributed by atoms with Crippen LogP contribution < -0.4 is 11.5 Å². The third-order valence-corrected chi connectivity index (χ3v) is 1.79. The molecule has 4 nitrogen and oxygen atoms in total. The Labute approximate surface area is 69.8 Å². The number of rotatable bonds is 1. The fraction of sp³-hybridized carbons (Fsp3) is 0.125. The van der Waals surface area contributed by atoms with Crippen molar-refractivity contribution in [3.63, 3.8) is 0 Å². The number of nitrogen functional groups attached to an aromatic ring is 2. The molecule has 0 saturated carbocycles. The normalized spacial score (nSPS) is 9.75. The zero-order chi connectivity index (χ0) is 9.30. The zero-order valence-corrected chi connectivity index (χ0v) is 6.66. The van der Waals surface area contributed by atoms with Crippen LogP contribution in [0.25, 0.3) is 0 Å². The van der Waals surface area contributed by atoms with Crippen LogP contribution in [0.4, 0.5) is 11.4 Å². The third-order valence-electron chi connectivity index (χ3n) is 1.79. The molecule has 64 valence electrons. The van der Waals surface area contributed by atoms with Crippen molar-refractivity contribution in [3.05, 3.63) is 23.3 Å². The van der Waals surface area contributed by atoms with E-state index in [0.29, 0.717) is 11.3 Å². The third kappa shape index (κ3) is 1.18. The van der Waals surface area contributed by atoms with Crippen molar-refractivity contribution >= 4 is 17.3 Å². The molecule has 0 saturated heterocycles. The Morgan fingerprint density at radius 1 is 1.42 bits per heavy atom. The van der Waals surface area contributed by atoms with Gasteiger partial charge in [0.25, 0.3) is 0 Å². The van der Waals surface area contributed by atoms with E-state index in [4.69, 9.17) is 16.6 Å². The molecular formula is C8H10N2O2. The van der Waals surface area contributed by atoms with Gasteiger partial charge in [0.15, 0.2) is 0 Å². The lowest BCUT2D eigenvalue weighted by molar-refractivity contribution is 0.0698. The van der Waals surface area contributed by atoms with Gasteiger partial charge in [-0.25, -0.2) is 4.79 Å². The molecule has 0 bridgehead atoms.